The summed E-state index contributed by atoms with van der Waals surface area (Å²) in [6, 6.07) is 7.54. The van der Waals surface area contributed by atoms with Crippen molar-refractivity contribution >= 4 is 11.4 Å². The Balaban J connectivity index is 1.97. The number of fused-ring (bicyclic) bond motifs is 1. The summed E-state index contributed by atoms with van der Waals surface area (Å²) >= 11 is 0. The normalized spacial score (nSPS) is 13.7. The Morgan fingerprint density at radius 2 is 1.68 bits per heavy atom. The van der Waals surface area contributed by atoms with Gasteiger partial charge < -0.3 is 10.6 Å². The van der Waals surface area contributed by atoms with Gasteiger partial charge in [0, 0.05) is 36.6 Å². The molecular formula is C14H11F3N2. The molecule has 0 aromatic heterocycles. The minimum atomic E-state index is -1.44. The SMILES string of the molecule is Nc1cccc2c1CN(c1cc(F)c(F)c(F)c1)C2. The molecular weight excluding hydrogens is 253 g/mol. The summed E-state index contributed by atoms with van der Waals surface area (Å²) in [5.41, 5.74) is 8.80. The standard InChI is InChI=1S/C14H11F3N2/c15-11-4-9(5-12(16)14(11)17)19-6-8-2-1-3-13(18)10(8)7-19/h1-5H,6-7,18H2. The molecule has 19 heavy (non-hydrogen) atoms. The number of rotatable bonds is 1. The highest BCUT2D eigenvalue weighted by molar-refractivity contribution is 5.59. The first-order chi connectivity index (χ1) is 9.06. The van der Waals surface area contributed by atoms with E-state index >= 15 is 0 Å². The molecule has 2 nitrogen and oxygen atoms in total. The van der Waals surface area contributed by atoms with Crippen molar-refractivity contribution in [2.24, 2.45) is 0 Å². The van der Waals surface area contributed by atoms with Crippen molar-refractivity contribution in [3.8, 4) is 0 Å². The summed E-state index contributed by atoms with van der Waals surface area (Å²) in [6.45, 7) is 0.970. The second-order valence-corrected chi connectivity index (χ2v) is 4.56. The number of nitrogen functional groups attached to an aromatic ring is 1. The number of hydrogen-bond acceptors (Lipinski definition) is 2. The van der Waals surface area contributed by atoms with Crippen molar-refractivity contribution in [3.05, 3.63) is 58.9 Å². The van der Waals surface area contributed by atoms with Crippen molar-refractivity contribution < 1.29 is 13.2 Å². The fraction of sp³-hybridized carbons (Fsp3) is 0.143. The van der Waals surface area contributed by atoms with Crippen LogP contribution in [0, 0.1) is 17.5 Å². The van der Waals surface area contributed by atoms with Crippen LogP contribution < -0.4 is 10.6 Å². The maximum absolute atomic E-state index is 13.2. The van der Waals surface area contributed by atoms with E-state index in [0.717, 1.165) is 23.3 Å². The topological polar surface area (TPSA) is 29.3 Å². The molecule has 0 fully saturated rings. The van der Waals surface area contributed by atoms with E-state index in [1.54, 1.807) is 11.0 Å². The monoisotopic (exact) mass is 264 g/mol. The van der Waals surface area contributed by atoms with E-state index in [0.29, 0.717) is 24.5 Å². The van der Waals surface area contributed by atoms with E-state index in [1.165, 1.54) is 0 Å². The van der Waals surface area contributed by atoms with E-state index in [-0.39, 0.29) is 0 Å². The Labute approximate surface area is 108 Å². The van der Waals surface area contributed by atoms with Gasteiger partial charge in [0.05, 0.1) is 0 Å². The van der Waals surface area contributed by atoms with Crippen LogP contribution in [0.3, 0.4) is 0 Å². The molecule has 0 aliphatic carbocycles. The molecule has 1 heterocycles. The molecule has 98 valence electrons. The first kappa shape index (κ1) is 11.9. The molecule has 0 amide bonds. The maximum Gasteiger partial charge on any atom is 0.194 e. The van der Waals surface area contributed by atoms with Gasteiger partial charge in [0.1, 0.15) is 0 Å². The van der Waals surface area contributed by atoms with E-state index < -0.39 is 17.5 Å². The highest BCUT2D eigenvalue weighted by Crippen LogP contribution is 2.32. The van der Waals surface area contributed by atoms with E-state index in [2.05, 4.69) is 0 Å². The molecule has 0 saturated heterocycles. The molecule has 1 aliphatic rings. The van der Waals surface area contributed by atoms with Crippen LogP contribution in [0.15, 0.2) is 30.3 Å². The lowest BCUT2D eigenvalue weighted by molar-refractivity contribution is 0.447. The third kappa shape index (κ3) is 1.91. The van der Waals surface area contributed by atoms with Gasteiger partial charge >= 0.3 is 0 Å². The van der Waals surface area contributed by atoms with Crippen molar-refractivity contribution in [2.45, 2.75) is 13.1 Å². The van der Waals surface area contributed by atoms with Crippen molar-refractivity contribution in [3.63, 3.8) is 0 Å². The number of halogens is 3. The lowest BCUT2D eigenvalue weighted by atomic mass is 10.1. The summed E-state index contributed by atoms with van der Waals surface area (Å²) < 4.78 is 39.4. The van der Waals surface area contributed by atoms with Gasteiger partial charge in [-0.15, -0.1) is 0 Å². The molecule has 0 bridgehead atoms. The van der Waals surface area contributed by atoms with Crippen LogP contribution in [0.1, 0.15) is 11.1 Å². The molecule has 5 heteroatoms. The number of hydrogen-bond donors (Lipinski definition) is 1. The molecule has 0 radical (unpaired) electrons. The number of benzene rings is 2. The van der Waals surface area contributed by atoms with Gasteiger partial charge in [-0.25, -0.2) is 13.2 Å². The van der Waals surface area contributed by atoms with Gasteiger partial charge in [0.15, 0.2) is 17.5 Å². The predicted molar refractivity (Wildman–Crippen MR) is 67.1 cm³/mol. The molecule has 2 N–H and O–H groups in total. The van der Waals surface area contributed by atoms with Crippen LogP contribution >= 0.6 is 0 Å². The molecule has 0 unspecified atom stereocenters. The molecule has 0 spiro atoms. The lowest BCUT2D eigenvalue weighted by Crippen LogP contribution is -2.15. The molecule has 2 aromatic carbocycles. The third-order valence-electron chi connectivity index (χ3n) is 3.35. The van der Waals surface area contributed by atoms with Gasteiger partial charge in [-0.1, -0.05) is 12.1 Å². The summed E-state index contributed by atoms with van der Waals surface area (Å²) in [5, 5.41) is 0. The zero-order valence-electron chi connectivity index (χ0n) is 9.96. The first-order valence-corrected chi connectivity index (χ1v) is 5.82. The minimum absolute atomic E-state index is 0.312. The summed E-state index contributed by atoms with van der Waals surface area (Å²) in [5.74, 6) is -3.81. The fourth-order valence-electron chi connectivity index (χ4n) is 2.36. The van der Waals surface area contributed by atoms with E-state index in [9.17, 15) is 13.2 Å². The Hall–Kier alpha value is -2.17. The molecule has 3 rings (SSSR count). The second kappa shape index (κ2) is 4.19. The lowest BCUT2D eigenvalue weighted by Gasteiger charge is -2.18. The van der Waals surface area contributed by atoms with Gasteiger partial charge in [0.2, 0.25) is 0 Å². The minimum Gasteiger partial charge on any atom is -0.398 e. The largest absolute Gasteiger partial charge is 0.398 e. The Kier molecular flexibility index (Phi) is 2.62. The maximum atomic E-state index is 13.2. The van der Waals surface area contributed by atoms with Gasteiger partial charge in [-0.3, -0.25) is 0 Å². The number of anilines is 2. The average molecular weight is 264 g/mol. The van der Waals surface area contributed by atoms with Crippen LogP contribution in [0.5, 0.6) is 0 Å². The van der Waals surface area contributed by atoms with Crippen LogP contribution in [-0.2, 0) is 13.1 Å². The van der Waals surface area contributed by atoms with Crippen LogP contribution in [-0.4, -0.2) is 0 Å². The van der Waals surface area contributed by atoms with E-state index in [1.807, 2.05) is 12.1 Å². The molecule has 2 aromatic rings. The van der Waals surface area contributed by atoms with Crippen LogP contribution in [0.2, 0.25) is 0 Å². The van der Waals surface area contributed by atoms with Gasteiger partial charge in [0.25, 0.3) is 0 Å². The number of nitrogens with zero attached hydrogens (tertiary/aromatic N) is 1. The van der Waals surface area contributed by atoms with Crippen LogP contribution in [0.25, 0.3) is 0 Å². The van der Waals surface area contributed by atoms with E-state index in [4.69, 9.17) is 5.73 Å². The second-order valence-electron chi connectivity index (χ2n) is 4.56. The summed E-state index contributed by atoms with van der Waals surface area (Å²) in [6.07, 6.45) is 0. The highest BCUT2D eigenvalue weighted by atomic mass is 19.2. The summed E-state index contributed by atoms with van der Waals surface area (Å²) in [4.78, 5) is 1.76. The van der Waals surface area contributed by atoms with Crippen molar-refractivity contribution in [1.29, 1.82) is 0 Å². The van der Waals surface area contributed by atoms with Crippen molar-refractivity contribution in [2.75, 3.05) is 10.6 Å². The molecule has 1 aliphatic heterocycles. The Morgan fingerprint density at radius 3 is 2.32 bits per heavy atom. The Bertz CT molecular complexity index is 632. The highest BCUT2D eigenvalue weighted by Gasteiger charge is 2.23. The van der Waals surface area contributed by atoms with Gasteiger partial charge in [-0.2, -0.15) is 0 Å². The van der Waals surface area contributed by atoms with Crippen LogP contribution in [0.4, 0.5) is 24.5 Å². The third-order valence-corrected chi connectivity index (χ3v) is 3.35. The van der Waals surface area contributed by atoms with Gasteiger partial charge in [-0.05, 0) is 17.2 Å². The number of nitrogens with two attached hydrogens (primary N) is 1. The summed E-state index contributed by atoms with van der Waals surface area (Å²) in [7, 11) is 0. The Morgan fingerprint density at radius 1 is 1.00 bits per heavy atom. The fourth-order valence-corrected chi connectivity index (χ4v) is 2.36. The molecule has 0 atom stereocenters. The van der Waals surface area contributed by atoms with Crippen molar-refractivity contribution in [1.82, 2.24) is 0 Å². The first-order valence-electron chi connectivity index (χ1n) is 5.82. The average Bonchev–Trinajstić information content (AvgIpc) is 2.81. The quantitative estimate of drug-likeness (QED) is 0.633. The predicted octanol–water partition coefficient (Wildman–Crippen LogP) is 3.21. The zero-order chi connectivity index (χ0) is 13.6. The smallest absolute Gasteiger partial charge is 0.194 e. The zero-order valence-corrected chi connectivity index (χ0v) is 9.96. The molecule has 0 saturated carbocycles.